The molecule has 85 valence electrons. The van der Waals surface area contributed by atoms with E-state index in [0.717, 1.165) is 5.56 Å². The SMILES string of the molecule is O=[N+]([O-])[C](Cc1ccccc1)c1ccccc1. The van der Waals surface area contributed by atoms with Crippen LogP contribution in [0.2, 0.25) is 0 Å². The minimum absolute atomic E-state index is 0.233. The van der Waals surface area contributed by atoms with Gasteiger partial charge in [-0.2, -0.15) is 0 Å². The van der Waals surface area contributed by atoms with E-state index in [-0.39, 0.29) is 11.0 Å². The summed E-state index contributed by atoms with van der Waals surface area (Å²) in [7, 11) is 0. The zero-order valence-electron chi connectivity index (χ0n) is 9.24. The molecule has 0 unspecified atom stereocenters. The maximum Gasteiger partial charge on any atom is 0.324 e. The Labute approximate surface area is 99.9 Å². The lowest BCUT2D eigenvalue weighted by atomic mass is 10.00. The maximum atomic E-state index is 11.1. The third-order valence-corrected chi connectivity index (χ3v) is 2.54. The van der Waals surface area contributed by atoms with Crippen LogP contribution >= 0.6 is 0 Å². The summed E-state index contributed by atoms with van der Waals surface area (Å²) in [6.45, 7) is 0. The molecule has 0 fully saturated rings. The van der Waals surface area contributed by atoms with Crippen molar-refractivity contribution in [2.24, 2.45) is 0 Å². The first-order chi connectivity index (χ1) is 8.27. The zero-order chi connectivity index (χ0) is 12.1. The van der Waals surface area contributed by atoms with Crippen molar-refractivity contribution in [2.75, 3.05) is 0 Å². The number of nitro groups is 1. The highest BCUT2D eigenvalue weighted by atomic mass is 16.6. The van der Waals surface area contributed by atoms with Crippen molar-refractivity contribution in [3.8, 4) is 0 Å². The molecule has 0 aliphatic carbocycles. The van der Waals surface area contributed by atoms with Gasteiger partial charge in [0.2, 0.25) is 0 Å². The van der Waals surface area contributed by atoms with Gasteiger partial charge in [0.25, 0.3) is 0 Å². The number of hydrogen-bond acceptors (Lipinski definition) is 2. The Balaban J connectivity index is 2.23. The Morgan fingerprint density at radius 2 is 1.47 bits per heavy atom. The summed E-state index contributed by atoms with van der Waals surface area (Å²) in [6, 6.07) is 18.7. The minimum atomic E-state index is -0.303. The van der Waals surface area contributed by atoms with Crippen molar-refractivity contribution < 1.29 is 4.92 Å². The van der Waals surface area contributed by atoms with Crippen LogP contribution in [0, 0.1) is 16.2 Å². The molecule has 0 N–H and O–H groups in total. The Kier molecular flexibility index (Phi) is 3.50. The van der Waals surface area contributed by atoms with Gasteiger partial charge in [0.1, 0.15) is 0 Å². The van der Waals surface area contributed by atoms with Crippen LogP contribution in [0.15, 0.2) is 60.7 Å². The fourth-order valence-electron chi connectivity index (χ4n) is 1.69. The Morgan fingerprint density at radius 3 is 2.00 bits per heavy atom. The second-order valence-corrected chi connectivity index (χ2v) is 3.73. The minimum Gasteiger partial charge on any atom is -0.263 e. The number of hydrogen-bond donors (Lipinski definition) is 0. The molecule has 2 aromatic carbocycles. The fourth-order valence-corrected chi connectivity index (χ4v) is 1.69. The van der Waals surface area contributed by atoms with Crippen molar-refractivity contribution in [2.45, 2.75) is 6.42 Å². The van der Waals surface area contributed by atoms with Crippen LogP contribution in [0.4, 0.5) is 0 Å². The third kappa shape index (κ3) is 2.91. The van der Waals surface area contributed by atoms with Crippen molar-refractivity contribution in [1.29, 1.82) is 0 Å². The van der Waals surface area contributed by atoms with E-state index in [4.69, 9.17) is 0 Å². The molecule has 2 aromatic rings. The maximum absolute atomic E-state index is 11.1. The number of benzene rings is 2. The molecular formula is C14H12NO2. The molecule has 0 atom stereocenters. The number of nitrogens with zero attached hydrogens (tertiary/aromatic N) is 1. The van der Waals surface area contributed by atoms with Crippen LogP contribution < -0.4 is 0 Å². The second-order valence-electron chi connectivity index (χ2n) is 3.73. The van der Waals surface area contributed by atoms with Gasteiger partial charge in [-0.15, -0.1) is 0 Å². The lowest BCUT2D eigenvalue weighted by Crippen LogP contribution is -2.14. The summed E-state index contributed by atoms with van der Waals surface area (Å²) in [6.07, 6.45) is 0.345. The molecule has 0 aliphatic rings. The molecule has 0 heterocycles. The first kappa shape index (κ1) is 11.3. The van der Waals surface area contributed by atoms with Gasteiger partial charge in [-0.1, -0.05) is 60.7 Å². The normalized spacial score (nSPS) is 10.4. The molecule has 0 bridgehead atoms. The van der Waals surface area contributed by atoms with Crippen LogP contribution in [0.25, 0.3) is 0 Å². The van der Waals surface area contributed by atoms with Gasteiger partial charge < -0.3 is 0 Å². The lowest BCUT2D eigenvalue weighted by molar-refractivity contribution is -0.459. The average molecular weight is 226 g/mol. The van der Waals surface area contributed by atoms with Crippen LogP contribution in [-0.4, -0.2) is 4.92 Å². The monoisotopic (exact) mass is 226 g/mol. The molecule has 0 spiro atoms. The first-order valence-electron chi connectivity index (χ1n) is 5.37. The van der Waals surface area contributed by atoms with Gasteiger partial charge in [-0.25, -0.2) is 0 Å². The molecule has 0 saturated heterocycles. The van der Waals surface area contributed by atoms with Gasteiger partial charge in [0.15, 0.2) is 0 Å². The second kappa shape index (κ2) is 5.25. The van der Waals surface area contributed by atoms with Gasteiger partial charge in [0, 0.05) is 10.5 Å². The summed E-state index contributed by atoms with van der Waals surface area (Å²) in [5.74, 6) is 0. The fraction of sp³-hybridized carbons (Fsp3) is 0.0714. The molecule has 3 heteroatoms. The van der Waals surface area contributed by atoms with E-state index >= 15 is 0 Å². The summed E-state index contributed by atoms with van der Waals surface area (Å²) in [5.41, 5.74) is 1.62. The van der Waals surface area contributed by atoms with E-state index < -0.39 is 0 Å². The van der Waals surface area contributed by atoms with E-state index in [0.29, 0.717) is 12.0 Å². The van der Waals surface area contributed by atoms with Gasteiger partial charge in [-0.05, 0) is 5.56 Å². The molecule has 0 amide bonds. The Morgan fingerprint density at radius 1 is 0.941 bits per heavy atom. The van der Waals surface area contributed by atoms with Crippen LogP contribution in [0.5, 0.6) is 0 Å². The topological polar surface area (TPSA) is 43.1 Å². The summed E-state index contributed by atoms with van der Waals surface area (Å²) in [5, 5.41) is 11.1. The molecule has 0 aromatic heterocycles. The molecule has 0 saturated carbocycles. The smallest absolute Gasteiger partial charge is 0.263 e. The highest BCUT2D eigenvalue weighted by Gasteiger charge is 2.25. The predicted octanol–water partition coefficient (Wildman–Crippen LogP) is 3.09. The van der Waals surface area contributed by atoms with E-state index in [1.165, 1.54) is 0 Å². The van der Waals surface area contributed by atoms with Crippen molar-refractivity contribution in [3.63, 3.8) is 0 Å². The summed E-state index contributed by atoms with van der Waals surface area (Å²) >= 11 is 0. The zero-order valence-corrected chi connectivity index (χ0v) is 9.24. The summed E-state index contributed by atoms with van der Waals surface area (Å²) < 4.78 is 0. The van der Waals surface area contributed by atoms with Crippen LogP contribution in [-0.2, 0) is 6.42 Å². The van der Waals surface area contributed by atoms with Crippen molar-refractivity contribution in [3.05, 3.63) is 87.9 Å². The molecular weight excluding hydrogens is 214 g/mol. The standard InChI is InChI=1S/C14H12NO2/c16-15(17)14(13-9-5-2-6-10-13)11-12-7-3-1-4-8-12/h1-10H,11H2. The number of rotatable bonds is 4. The van der Waals surface area contributed by atoms with E-state index in [1.54, 1.807) is 12.1 Å². The van der Waals surface area contributed by atoms with Gasteiger partial charge >= 0.3 is 6.04 Å². The van der Waals surface area contributed by atoms with E-state index in [2.05, 4.69) is 0 Å². The Hall–Kier alpha value is -2.16. The van der Waals surface area contributed by atoms with E-state index in [9.17, 15) is 10.1 Å². The molecule has 0 aliphatic heterocycles. The predicted molar refractivity (Wildman–Crippen MR) is 65.9 cm³/mol. The van der Waals surface area contributed by atoms with Gasteiger partial charge in [0.05, 0.1) is 6.42 Å². The largest absolute Gasteiger partial charge is 0.324 e. The van der Waals surface area contributed by atoms with Crippen LogP contribution in [0.1, 0.15) is 11.1 Å². The Bertz CT molecular complexity index is 482. The summed E-state index contributed by atoms with van der Waals surface area (Å²) in [4.78, 5) is 10.8. The molecule has 2 rings (SSSR count). The quantitative estimate of drug-likeness (QED) is 0.594. The van der Waals surface area contributed by atoms with Crippen molar-refractivity contribution in [1.82, 2.24) is 0 Å². The lowest BCUT2D eigenvalue weighted by Gasteiger charge is -2.07. The van der Waals surface area contributed by atoms with E-state index in [1.807, 2.05) is 48.5 Å². The molecule has 3 nitrogen and oxygen atoms in total. The highest BCUT2D eigenvalue weighted by molar-refractivity contribution is 5.30. The van der Waals surface area contributed by atoms with Crippen LogP contribution in [0.3, 0.4) is 0 Å². The van der Waals surface area contributed by atoms with Crippen molar-refractivity contribution >= 4 is 0 Å². The molecule has 1 radical (unpaired) electrons. The highest BCUT2D eigenvalue weighted by Crippen LogP contribution is 2.20. The molecule has 17 heavy (non-hydrogen) atoms. The first-order valence-corrected chi connectivity index (χ1v) is 5.37. The average Bonchev–Trinajstić information content (AvgIpc) is 2.38. The third-order valence-electron chi connectivity index (χ3n) is 2.54. The van der Waals surface area contributed by atoms with Gasteiger partial charge in [-0.3, -0.25) is 10.1 Å².